The van der Waals surface area contributed by atoms with Crippen molar-refractivity contribution in [3.63, 3.8) is 0 Å². The Morgan fingerprint density at radius 3 is 2.88 bits per heavy atom. The van der Waals surface area contributed by atoms with Crippen molar-refractivity contribution in [2.45, 2.75) is 55.1 Å². The van der Waals surface area contributed by atoms with Gasteiger partial charge in [0.2, 0.25) is 15.9 Å². The molecule has 2 aromatic rings. The SMILES string of the molecule is O=C(C[C@H]1CC[C@H]2[C@@H](COC[C@H](O)CN2S(=O)(=O)c2cccc(Cl)c2)O1)NCc1ccncn1. The lowest BCUT2D eigenvalue weighted by molar-refractivity contribution is -0.146. The fraction of sp³-hybridized carbons (Fsp3) is 0.500. The average Bonchev–Trinajstić information content (AvgIpc) is 2.81. The van der Waals surface area contributed by atoms with E-state index in [0.717, 1.165) is 0 Å². The van der Waals surface area contributed by atoms with Crippen LogP contribution in [0.25, 0.3) is 0 Å². The summed E-state index contributed by atoms with van der Waals surface area (Å²) < 4.78 is 39.9. The molecule has 2 fully saturated rings. The molecule has 2 N–H and O–H groups in total. The van der Waals surface area contributed by atoms with Gasteiger partial charge in [-0.15, -0.1) is 0 Å². The van der Waals surface area contributed by atoms with Gasteiger partial charge in [-0.1, -0.05) is 17.7 Å². The number of nitrogens with zero attached hydrogens (tertiary/aromatic N) is 3. The summed E-state index contributed by atoms with van der Waals surface area (Å²) in [7, 11) is -3.95. The summed E-state index contributed by atoms with van der Waals surface area (Å²) in [6, 6.07) is 7.22. The number of sulfonamides is 1. The van der Waals surface area contributed by atoms with Gasteiger partial charge >= 0.3 is 0 Å². The van der Waals surface area contributed by atoms with Gasteiger partial charge in [-0.25, -0.2) is 18.4 Å². The van der Waals surface area contributed by atoms with E-state index in [4.69, 9.17) is 21.1 Å². The molecule has 10 nitrogen and oxygen atoms in total. The summed E-state index contributed by atoms with van der Waals surface area (Å²) in [5, 5.41) is 13.4. The first-order valence-corrected chi connectivity index (χ1v) is 12.8. The lowest BCUT2D eigenvalue weighted by atomic mass is 9.96. The molecule has 1 aromatic heterocycles. The van der Waals surface area contributed by atoms with E-state index < -0.39 is 28.3 Å². The quantitative estimate of drug-likeness (QED) is 0.591. The standard InChI is InChI=1S/C22H27ClN4O6S/c23-15-2-1-3-19(8-15)34(30,31)27-11-17(28)12-32-13-21-20(27)5-4-18(33-21)9-22(29)25-10-16-6-7-24-14-26-16/h1-3,6-8,14,17-18,20-21,28H,4-5,9-13H2,(H,25,29)/t17-,18-,20+,21-/m1/s1. The molecule has 184 valence electrons. The smallest absolute Gasteiger partial charge is 0.243 e. The predicted molar refractivity (Wildman–Crippen MR) is 122 cm³/mol. The van der Waals surface area contributed by atoms with Crippen molar-refractivity contribution in [3.05, 3.63) is 53.6 Å². The molecule has 12 heteroatoms. The molecule has 3 heterocycles. The van der Waals surface area contributed by atoms with E-state index in [1.807, 2.05) is 0 Å². The minimum absolute atomic E-state index is 0.0156. The summed E-state index contributed by atoms with van der Waals surface area (Å²) >= 11 is 6.02. The number of carbonyl (C=O) groups is 1. The minimum Gasteiger partial charge on any atom is -0.389 e. The maximum Gasteiger partial charge on any atom is 0.243 e. The Bertz CT molecular complexity index is 1090. The summed E-state index contributed by atoms with van der Waals surface area (Å²) in [5.74, 6) is -0.187. The van der Waals surface area contributed by atoms with E-state index in [-0.39, 0.29) is 49.6 Å². The van der Waals surface area contributed by atoms with Crippen LogP contribution in [-0.2, 0) is 30.8 Å². The number of rotatable bonds is 6. The van der Waals surface area contributed by atoms with Gasteiger partial charge < -0.3 is 19.9 Å². The number of β-amino-alcohol motifs (C(OH)–C–C–N with tert-alkyl or cyclic N) is 1. The minimum atomic E-state index is -3.95. The van der Waals surface area contributed by atoms with Gasteiger partial charge in [0, 0.05) is 17.8 Å². The van der Waals surface area contributed by atoms with Crippen molar-refractivity contribution in [3.8, 4) is 0 Å². The molecular formula is C22H27ClN4O6S. The first kappa shape index (κ1) is 25.0. The molecule has 1 aromatic carbocycles. The van der Waals surface area contributed by atoms with E-state index >= 15 is 0 Å². The van der Waals surface area contributed by atoms with Gasteiger partial charge in [0.1, 0.15) is 6.33 Å². The van der Waals surface area contributed by atoms with Crippen LogP contribution >= 0.6 is 11.6 Å². The topological polar surface area (TPSA) is 131 Å². The van der Waals surface area contributed by atoms with Crippen LogP contribution in [0, 0.1) is 0 Å². The van der Waals surface area contributed by atoms with Gasteiger partial charge in [0.05, 0.1) is 61.1 Å². The van der Waals surface area contributed by atoms with Crippen molar-refractivity contribution in [2.75, 3.05) is 19.8 Å². The summed E-state index contributed by atoms with van der Waals surface area (Å²) in [4.78, 5) is 20.4. The molecule has 4 rings (SSSR count). The molecular weight excluding hydrogens is 484 g/mol. The molecule has 4 atom stereocenters. The molecule has 1 amide bonds. The third-order valence-electron chi connectivity index (χ3n) is 5.86. The Kier molecular flexibility index (Phi) is 8.12. The van der Waals surface area contributed by atoms with Crippen LogP contribution in [0.5, 0.6) is 0 Å². The summed E-state index contributed by atoms with van der Waals surface area (Å²) in [6.07, 6.45) is 2.18. The number of aliphatic hydroxyl groups excluding tert-OH is 1. The third-order valence-corrected chi connectivity index (χ3v) is 7.98. The fourth-order valence-corrected chi connectivity index (χ4v) is 6.24. The van der Waals surface area contributed by atoms with Gasteiger partial charge in [-0.05, 0) is 37.1 Å². The zero-order valence-corrected chi connectivity index (χ0v) is 20.0. The lowest BCUT2D eigenvalue weighted by Crippen LogP contribution is -2.57. The average molecular weight is 511 g/mol. The highest BCUT2D eigenvalue weighted by Crippen LogP contribution is 2.32. The molecule has 2 aliphatic heterocycles. The highest BCUT2D eigenvalue weighted by molar-refractivity contribution is 7.89. The molecule has 0 bridgehead atoms. The van der Waals surface area contributed by atoms with Crippen molar-refractivity contribution in [2.24, 2.45) is 0 Å². The second kappa shape index (κ2) is 11.1. The normalized spacial score (nSPS) is 26.2. The fourth-order valence-electron chi connectivity index (χ4n) is 4.22. The van der Waals surface area contributed by atoms with Crippen molar-refractivity contribution >= 4 is 27.5 Å². The van der Waals surface area contributed by atoms with Crippen LogP contribution in [0.4, 0.5) is 0 Å². The highest BCUT2D eigenvalue weighted by Gasteiger charge is 2.43. The lowest BCUT2D eigenvalue weighted by Gasteiger charge is -2.43. The van der Waals surface area contributed by atoms with Gasteiger partial charge in [-0.2, -0.15) is 4.31 Å². The second-order valence-electron chi connectivity index (χ2n) is 8.35. The number of amides is 1. The Morgan fingerprint density at radius 2 is 2.12 bits per heavy atom. The molecule has 2 saturated heterocycles. The first-order chi connectivity index (χ1) is 16.3. The molecule has 0 aliphatic carbocycles. The van der Waals surface area contributed by atoms with E-state index in [1.54, 1.807) is 24.4 Å². The van der Waals surface area contributed by atoms with Crippen molar-refractivity contribution in [1.82, 2.24) is 19.6 Å². The van der Waals surface area contributed by atoms with Crippen molar-refractivity contribution in [1.29, 1.82) is 0 Å². The van der Waals surface area contributed by atoms with Crippen molar-refractivity contribution < 1.29 is 27.8 Å². The number of halogens is 1. The molecule has 0 unspecified atom stereocenters. The van der Waals surface area contributed by atoms with Gasteiger partial charge in [0.25, 0.3) is 0 Å². The third kappa shape index (κ3) is 6.09. The number of hydrogen-bond donors (Lipinski definition) is 2. The van der Waals surface area contributed by atoms with Crippen LogP contribution in [0.1, 0.15) is 25.0 Å². The van der Waals surface area contributed by atoms with E-state index in [9.17, 15) is 18.3 Å². The van der Waals surface area contributed by atoms with Crippen LogP contribution < -0.4 is 5.32 Å². The van der Waals surface area contributed by atoms with Gasteiger partial charge in [0.15, 0.2) is 0 Å². The number of hydrogen-bond acceptors (Lipinski definition) is 8. The number of carbonyl (C=O) groups excluding carboxylic acids is 1. The number of fused-ring (bicyclic) bond motifs is 1. The number of nitrogens with one attached hydrogen (secondary N) is 1. The molecule has 2 aliphatic rings. The van der Waals surface area contributed by atoms with Crippen LogP contribution in [0.3, 0.4) is 0 Å². The van der Waals surface area contributed by atoms with E-state index in [0.29, 0.717) is 23.6 Å². The second-order valence-corrected chi connectivity index (χ2v) is 10.7. The molecule has 0 spiro atoms. The Hall–Kier alpha value is -2.15. The Balaban J connectivity index is 1.44. The summed E-state index contributed by atoms with van der Waals surface area (Å²) in [6.45, 7) is 0.261. The van der Waals surface area contributed by atoms with Crippen LogP contribution in [0.2, 0.25) is 5.02 Å². The zero-order chi connectivity index (χ0) is 24.1. The first-order valence-electron chi connectivity index (χ1n) is 11.0. The number of aliphatic hydroxyl groups is 1. The zero-order valence-electron chi connectivity index (χ0n) is 18.4. The summed E-state index contributed by atoms with van der Waals surface area (Å²) in [5.41, 5.74) is 0.696. The van der Waals surface area contributed by atoms with E-state index in [1.165, 1.54) is 22.8 Å². The Morgan fingerprint density at radius 1 is 1.26 bits per heavy atom. The molecule has 0 radical (unpaired) electrons. The number of aromatic nitrogens is 2. The largest absolute Gasteiger partial charge is 0.389 e. The van der Waals surface area contributed by atoms with Crippen LogP contribution in [0.15, 0.2) is 47.8 Å². The van der Waals surface area contributed by atoms with Crippen LogP contribution in [-0.4, -0.2) is 77.8 Å². The monoisotopic (exact) mass is 510 g/mol. The predicted octanol–water partition coefficient (Wildman–Crippen LogP) is 1.13. The van der Waals surface area contributed by atoms with Gasteiger partial charge in [-0.3, -0.25) is 4.79 Å². The molecule has 34 heavy (non-hydrogen) atoms. The maximum absolute atomic E-state index is 13.5. The number of ether oxygens (including phenoxy) is 2. The molecule has 0 saturated carbocycles. The maximum atomic E-state index is 13.5. The van der Waals surface area contributed by atoms with E-state index in [2.05, 4.69) is 15.3 Å². The number of benzene rings is 1. The highest BCUT2D eigenvalue weighted by atomic mass is 35.5. The Labute approximate surface area is 203 Å².